The maximum absolute atomic E-state index is 13.9. The topological polar surface area (TPSA) is 91.4 Å². The molecular formula is C19H14F2N2O4. The molecule has 0 aliphatic rings. The van der Waals surface area contributed by atoms with Gasteiger partial charge < -0.3 is 20.1 Å². The number of carbonyl (C=O) groups excluding carboxylic acids is 1. The van der Waals surface area contributed by atoms with Crippen LogP contribution in [0.2, 0.25) is 0 Å². The number of carbonyl (C=O) groups is 1. The Kier molecular flexibility index (Phi) is 5.16. The number of alkyl halides is 1. The lowest BCUT2D eigenvalue weighted by Gasteiger charge is -2.13. The van der Waals surface area contributed by atoms with Crippen LogP contribution in [0.1, 0.15) is 15.9 Å². The van der Waals surface area contributed by atoms with E-state index in [1.165, 1.54) is 36.5 Å². The first kappa shape index (κ1) is 18.1. The molecule has 2 aromatic carbocycles. The number of aromatic hydroxyl groups is 1. The van der Waals surface area contributed by atoms with Gasteiger partial charge in [-0.1, -0.05) is 6.07 Å². The maximum atomic E-state index is 13.9. The Bertz CT molecular complexity index is 1050. The van der Waals surface area contributed by atoms with E-state index in [0.29, 0.717) is 0 Å². The quantitative estimate of drug-likeness (QED) is 0.636. The highest BCUT2D eigenvalue weighted by Gasteiger charge is 2.17. The molecule has 27 heavy (non-hydrogen) atoms. The van der Waals surface area contributed by atoms with Crippen molar-refractivity contribution in [2.75, 3.05) is 5.32 Å². The van der Waals surface area contributed by atoms with E-state index in [0.717, 1.165) is 18.2 Å². The normalized spacial score (nSPS) is 10.4. The molecule has 1 aromatic heterocycles. The molecule has 0 unspecified atom stereocenters. The second-order valence-corrected chi connectivity index (χ2v) is 5.58. The smallest absolute Gasteiger partial charge is 0.259 e. The largest absolute Gasteiger partial charge is 0.508 e. The van der Waals surface area contributed by atoms with E-state index in [4.69, 9.17) is 4.74 Å². The Hall–Kier alpha value is -3.68. The van der Waals surface area contributed by atoms with Gasteiger partial charge in [0.15, 0.2) is 11.6 Å². The molecule has 138 valence electrons. The van der Waals surface area contributed by atoms with Crippen LogP contribution in [-0.4, -0.2) is 16.0 Å². The average Bonchev–Trinajstić information content (AvgIpc) is 2.64. The lowest BCUT2D eigenvalue weighted by atomic mass is 10.1. The van der Waals surface area contributed by atoms with E-state index in [1.54, 1.807) is 0 Å². The molecule has 0 spiro atoms. The van der Waals surface area contributed by atoms with Crippen molar-refractivity contribution >= 4 is 11.6 Å². The number of amides is 1. The van der Waals surface area contributed by atoms with Crippen LogP contribution in [0.15, 0.2) is 59.5 Å². The third kappa shape index (κ3) is 4.30. The first-order chi connectivity index (χ1) is 13.0. The van der Waals surface area contributed by atoms with Gasteiger partial charge in [0.2, 0.25) is 5.56 Å². The lowest BCUT2D eigenvalue weighted by molar-refractivity contribution is 0.102. The summed E-state index contributed by atoms with van der Waals surface area (Å²) in [5, 5.41) is 12.0. The minimum atomic E-state index is -0.811. The summed E-state index contributed by atoms with van der Waals surface area (Å²) in [7, 11) is 0. The van der Waals surface area contributed by atoms with Crippen LogP contribution in [0.25, 0.3) is 0 Å². The predicted octanol–water partition coefficient (Wildman–Crippen LogP) is 3.73. The summed E-state index contributed by atoms with van der Waals surface area (Å²) < 4.78 is 32.3. The van der Waals surface area contributed by atoms with E-state index in [9.17, 15) is 23.5 Å². The van der Waals surface area contributed by atoms with Crippen molar-refractivity contribution in [3.8, 4) is 17.2 Å². The fourth-order valence-corrected chi connectivity index (χ4v) is 2.33. The number of H-pyrrole nitrogens is 1. The number of halogens is 2. The Labute approximate surface area is 152 Å². The predicted molar refractivity (Wildman–Crippen MR) is 94.4 cm³/mol. The number of pyridine rings is 1. The molecule has 0 bridgehead atoms. The summed E-state index contributed by atoms with van der Waals surface area (Å²) in [5.74, 6) is -2.06. The minimum Gasteiger partial charge on any atom is -0.508 e. The summed E-state index contributed by atoms with van der Waals surface area (Å²) in [6, 6.07) is 9.81. The van der Waals surface area contributed by atoms with Crippen LogP contribution in [0.4, 0.5) is 14.5 Å². The van der Waals surface area contributed by atoms with Crippen LogP contribution in [0.3, 0.4) is 0 Å². The molecule has 3 aromatic rings. The lowest BCUT2D eigenvalue weighted by Crippen LogP contribution is -2.15. The highest BCUT2D eigenvalue weighted by atomic mass is 19.1. The van der Waals surface area contributed by atoms with Crippen molar-refractivity contribution in [1.29, 1.82) is 0 Å². The second-order valence-electron chi connectivity index (χ2n) is 5.58. The van der Waals surface area contributed by atoms with Crippen LogP contribution >= 0.6 is 0 Å². The van der Waals surface area contributed by atoms with E-state index >= 15 is 0 Å². The molecule has 0 aliphatic carbocycles. The molecule has 0 radical (unpaired) electrons. The van der Waals surface area contributed by atoms with Crippen LogP contribution in [-0.2, 0) is 6.67 Å². The van der Waals surface area contributed by atoms with Gasteiger partial charge in [-0.15, -0.1) is 0 Å². The van der Waals surface area contributed by atoms with Gasteiger partial charge in [0.05, 0.1) is 5.56 Å². The molecule has 6 nitrogen and oxygen atoms in total. The zero-order chi connectivity index (χ0) is 19.4. The summed E-state index contributed by atoms with van der Waals surface area (Å²) in [6.45, 7) is -0.811. The molecule has 3 N–H and O–H groups in total. The third-order valence-corrected chi connectivity index (χ3v) is 3.61. The van der Waals surface area contributed by atoms with Crippen molar-refractivity contribution in [3.63, 3.8) is 0 Å². The molecular weight excluding hydrogens is 358 g/mol. The first-order valence-electron chi connectivity index (χ1n) is 7.81. The fourth-order valence-electron chi connectivity index (χ4n) is 2.33. The number of nitrogens with one attached hydrogen (secondary N) is 2. The number of aromatic amines is 1. The Morgan fingerprint density at radius 1 is 1.11 bits per heavy atom. The molecule has 1 heterocycles. The molecule has 8 heteroatoms. The van der Waals surface area contributed by atoms with Gasteiger partial charge in [-0.25, -0.2) is 8.78 Å². The van der Waals surface area contributed by atoms with Gasteiger partial charge in [-0.2, -0.15) is 0 Å². The monoisotopic (exact) mass is 372 g/mol. The Morgan fingerprint density at radius 2 is 1.93 bits per heavy atom. The van der Waals surface area contributed by atoms with Gasteiger partial charge in [-0.3, -0.25) is 9.59 Å². The standard InChI is InChI=1S/C19H14F2N2O4/c20-10-11-1-3-14(19(26)23-12-5-6-22-18(25)8-12)16(7-11)27-17-9-13(24)2-4-15(17)21/h1-9,24H,10H2,(H2,22,23,25,26). The van der Waals surface area contributed by atoms with E-state index in [-0.39, 0.29) is 34.1 Å². The molecule has 0 saturated carbocycles. The van der Waals surface area contributed by atoms with Crippen molar-refractivity contribution in [2.45, 2.75) is 6.67 Å². The number of rotatable bonds is 5. The van der Waals surface area contributed by atoms with Crippen LogP contribution < -0.4 is 15.6 Å². The highest BCUT2D eigenvalue weighted by molar-refractivity contribution is 6.06. The zero-order valence-electron chi connectivity index (χ0n) is 13.8. The van der Waals surface area contributed by atoms with Gasteiger partial charge in [0.1, 0.15) is 18.2 Å². The molecule has 1 amide bonds. The number of anilines is 1. The van der Waals surface area contributed by atoms with E-state index in [1.807, 2.05) is 0 Å². The van der Waals surface area contributed by atoms with Crippen molar-refractivity contribution in [1.82, 2.24) is 4.98 Å². The first-order valence-corrected chi connectivity index (χ1v) is 7.81. The van der Waals surface area contributed by atoms with Crippen LogP contribution in [0, 0.1) is 5.82 Å². The Morgan fingerprint density at radius 3 is 2.67 bits per heavy atom. The average molecular weight is 372 g/mol. The van der Waals surface area contributed by atoms with E-state index < -0.39 is 24.0 Å². The third-order valence-electron chi connectivity index (χ3n) is 3.61. The molecule has 0 saturated heterocycles. The van der Waals surface area contributed by atoms with Gasteiger partial charge in [0.25, 0.3) is 5.91 Å². The summed E-state index contributed by atoms with van der Waals surface area (Å²) in [6.07, 6.45) is 1.36. The van der Waals surface area contributed by atoms with Crippen LogP contribution in [0.5, 0.6) is 17.2 Å². The second kappa shape index (κ2) is 7.69. The molecule has 3 rings (SSSR count). The molecule has 0 atom stereocenters. The summed E-state index contributed by atoms with van der Waals surface area (Å²) in [5.41, 5.74) is 0.0557. The number of ether oxygens (including phenoxy) is 1. The molecule has 0 aliphatic heterocycles. The van der Waals surface area contributed by atoms with E-state index in [2.05, 4.69) is 10.3 Å². The Balaban J connectivity index is 1.96. The minimum absolute atomic E-state index is 0.00442. The fraction of sp³-hybridized carbons (Fsp3) is 0.0526. The van der Waals surface area contributed by atoms with Crippen molar-refractivity contribution in [3.05, 3.63) is 82.0 Å². The maximum Gasteiger partial charge on any atom is 0.259 e. The SMILES string of the molecule is O=C(Nc1cc[nH]c(=O)c1)c1ccc(CF)cc1Oc1cc(O)ccc1F. The summed E-state index contributed by atoms with van der Waals surface area (Å²) >= 11 is 0. The van der Waals surface area contributed by atoms with Gasteiger partial charge in [0, 0.05) is 24.0 Å². The number of phenols is 1. The number of phenolic OH excluding ortho intramolecular Hbond substituents is 1. The van der Waals surface area contributed by atoms with Gasteiger partial charge >= 0.3 is 0 Å². The highest BCUT2D eigenvalue weighted by Crippen LogP contribution is 2.31. The number of hydrogen-bond donors (Lipinski definition) is 3. The van der Waals surface area contributed by atoms with Crippen molar-refractivity contribution in [2.24, 2.45) is 0 Å². The molecule has 0 fully saturated rings. The number of aromatic nitrogens is 1. The van der Waals surface area contributed by atoms with Gasteiger partial charge in [-0.05, 0) is 35.9 Å². The number of hydrogen-bond acceptors (Lipinski definition) is 4. The van der Waals surface area contributed by atoms with Crippen molar-refractivity contribution < 1.29 is 23.4 Å². The number of benzene rings is 2. The zero-order valence-corrected chi connectivity index (χ0v) is 13.8. The summed E-state index contributed by atoms with van der Waals surface area (Å²) in [4.78, 5) is 26.3.